The van der Waals surface area contributed by atoms with Gasteiger partial charge in [0.15, 0.2) is 6.23 Å². The molecule has 2 fully saturated rings. The number of alkyl halides is 6. The summed E-state index contributed by atoms with van der Waals surface area (Å²) in [6, 6.07) is 9.61. The second-order valence-corrected chi connectivity index (χ2v) is 11.9. The maximum absolute atomic E-state index is 13.6. The molecular formula is C31H25F6N3O5S. The number of carbonyl (C=O) groups is 1. The average Bonchev–Trinajstić information content (AvgIpc) is 3.60. The molecule has 0 aliphatic carbocycles. The minimum Gasteiger partial charge on any atom is -0.496 e. The Morgan fingerprint density at radius 2 is 1.70 bits per heavy atom. The van der Waals surface area contributed by atoms with Crippen LogP contribution in [-0.2, 0) is 28.4 Å². The van der Waals surface area contributed by atoms with Gasteiger partial charge in [0.25, 0.3) is 0 Å². The smallest absolute Gasteiger partial charge is 0.416 e. The number of hydrogen-bond acceptors (Lipinski definition) is 8. The van der Waals surface area contributed by atoms with Gasteiger partial charge in [-0.05, 0) is 61.9 Å². The van der Waals surface area contributed by atoms with E-state index in [2.05, 4.69) is 4.98 Å². The first-order valence-electron chi connectivity index (χ1n) is 13.8. The molecule has 15 heteroatoms. The molecule has 8 nitrogen and oxygen atoms in total. The van der Waals surface area contributed by atoms with E-state index in [1.54, 1.807) is 43.0 Å². The molecule has 1 N–H and O–H groups in total. The maximum Gasteiger partial charge on any atom is 0.416 e. The first kappa shape index (κ1) is 31.9. The van der Waals surface area contributed by atoms with Gasteiger partial charge in [-0.15, -0.1) is 11.3 Å². The Hall–Kier alpha value is -4.05. The number of morpholine rings is 1. The average molecular weight is 666 g/mol. The van der Waals surface area contributed by atoms with Crippen LogP contribution in [0.25, 0.3) is 21.7 Å². The van der Waals surface area contributed by atoms with Crippen molar-refractivity contribution in [3.05, 3.63) is 87.7 Å². The number of methoxy groups -OCH3 is 1. The number of thiazole rings is 1. The van der Waals surface area contributed by atoms with Gasteiger partial charge in [-0.1, -0.05) is 6.07 Å². The number of rotatable bonds is 7. The lowest BCUT2D eigenvalue weighted by Gasteiger charge is -2.37. The third-order valence-corrected chi connectivity index (χ3v) is 8.87. The quantitative estimate of drug-likeness (QED) is 0.160. The molecule has 0 spiro atoms. The number of benzene rings is 2. The Kier molecular flexibility index (Phi) is 8.07. The van der Waals surface area contributed by atoms with Gasteiger partial charge >= 0.3 is 18.3 Å². The minimum absolute atomic E-state index is 0.0723. The molecule has 0 radical (unpaired) electrons. The topological polar surface area (TPSA) is 97.3 Å². The Bertz CT molecular complexity index is 1780. The van der Waals surface area contributed by atoms with E-state index in [1.807, 2.05) is 6.07 Å². The number of ether oxygens (including phenoxy) is 3. The van der Waals surface area contributed by atoms with Crippen molar-refractivity contribution in [3.8, 4) is 27.4 Å². The second-order valence-electron chi connectivity index (χ2n) is 10.9. The summed E-state index contributed by atoms with van der Waals surface area (Å²) in [5.74, 6) is -0.608. The number of aromatic nitrogens is 2. The van der Waals surface area contributed by atoms with E-state index < -0.39 is 54.1 Å². The van der Waals surface area contributed by atoms with Crippen LogP contribution in [0.5, 0.6) is 5.75 Å². The SMILES string of the molecule is COc1ccc(-c2ncc(C(=O)O)s2)cc1-c1ccc(C)nc1CN1C2OC2O[C@H](c2cc(C(F)(F)F)cc(C(F)(F)F)c2)[C@@H]1C. The van der Waals surface area contributed by atoms with E-state index in [-0.39, 0.29) is 23.1 Å². The highest BCUT2D eigenvalue weighted by atomic mass is 32.1. The number of hydrogen-bond donors (Lipinski definition) is 1. The number of aryl methyl sites for hydroxylation is 1. The van der Waals surface area contributed by atoms with Gasteiger partial charge < -0.3 is 19.3 Å². The van der Waals surface area contributed by atoms with Crippen LogP contribution >= 0.6 is 11.3 Å². The Morgan fingerprint density at radius 1 is 1.00 bits per heavy atom. The Balaban J connectivity index is 1.37. The number of carboxylic acids is 1. The molecule has 242 valence electrons. The molecule has 2 aliphatic heterocycles. The minimum atomic E-state index is -5.01. The van der Waals surface area contributed by atoms with Crippen molar-refractivity contribution in [1.82, 2.24) is 14.9 Å². The molecule has 46 heavy (non-hydrogen) atoms. The molecule has 2 aromatic heterocycles. The molecule has 2 aliphatic rings. The second kappa shape index (κ2) is 11.6. The van der Waals surface area contributed by atoms with Gasteiger partial charge in [0.2, 0.25) is 6.29 Å². The molecular weight excluding hydrogens is 640 g/mol. The van der Waals surface area contributed by atoms with Gasteiger partial charge in [-0.2, -0.15) is 26.3 Å². The van der Waals surface area contributed by atoms with E-state index in [9.17, 15) is 36.2 Å². The lowest BCUT2D eigenvalue weighted by molar-refractivity contribution is -0.143. The van der Waals surface area contributed by atoms with Crippen molar-refractivity contribution in [3.63, 3.8) is 0 Å². The van der Waals surface area contributed by atoms with Crippen molar-refractivity contribution >= 4 is 17.3 Å². The molecule has 6 rings (SSSR count). The fraction of sp³-hybridized carbons (Fsp3) is 0.323. The lowest BCUT2D eigenvalue weighted by Crippen LogP contribution is -2.45. The Morgan fingerprint density at radius 3 is 2.30 bits per heavy atom. The third-order valence-electron chi connectivity index (χ3n) is 7.84. The largest absolute Gasteiger partial charge is 0.496 e. The highest BCUT2D eigenvalue weighted by molar-refractivity contribution is 7.16. The summed E-state index contributed by atoms with van der Waals surface area (Å²) in [5, 5.41) is 9.81. The maximum atomic E-state index is 13.6. The zero-order valence-corrected chi connectivity index (χ0v) is 25.1. The van der Waals surface area contributed by atoms with Gasteiger partial charge in [0.1, 0.15) is 21.7 Å². The first-order chi connectivity index (χ1) is 21.6. The molecule has 0 amide bonds. The highest BCUT2D eigenvalue weighted by Crippen LogP contribution is 2.46. The summed E-state index contributed by atoms with van der Waals surface area (Å²) in [6.07, 6.45) is -11.4. The Labute approximate surface area is 262 Å². The summed E-state index contributed by atoms with van der Waals surface area (Å²) in [7, 11) is 1.49. The lowest BCUT2D eigenvalue weighted by atomic mass is 9.95. The molecule has 4 heterocycles. The van der Waals surface area contributed by atoms with E-state index >= 15 is 0 Å². The first-order valence-corrected chi connectivity index (χ1v) is 14.7. The van der Waals surface area contributed by atoms with Gasteiger partial charge in [-0.3, -0.25) is 9.88 Å². The fourth-order valence-electron chi connectivity index (χ4n) is 5.53. The van der Waals surface area contributed by atoms with Crippen molar-refractivity contribution in [1.29, 1.82) is 0 Å². The number of epoxide rings is 1. The van der Waals surface area contributed by atoms with Crippen LogP contribution in [0.15, 0.2) is 54.7 Å². The van der Waals surface area contributed by atoms with Crippen LogP contribution in [0.1, 0.15) is 50.8 Å². The molecule has 4 atom stereocenters. The van der Waals surface area contributed by atoms with Gasteiger partial charge in [-0.25, -0.2) is 9.78 Å². The summed E-state index contributed by atoms with van der Waals surface area (Å²) in [6.45, 7) is 3.54. The summed E-state index contributed by atoms with van der Waals surface area (Å²) in [4.78, 5) is 22.3. The predicted octanol–water partition coefficient (Wildman–Crippen LogP) is 7.57. The fourth-order valence-corrected chi connectivity index (χ4v) is 6.28. The van der Waals surface area contributed by atoms with E-state index in [4.69, 9.17) is 19.2 Å². The van der Waals surface area contributed by atoms with Gasteiger partial charge in [0, 0.05) is 35.0 Å². The van der Waals surface area contributed by atoms with Crippen LogP contribution in [0.3, 0.4) is 0 Å². The third kappa shape index (κ3) is 6.19. The highest BCUT2D eigenvalue weighted by Gasteiger charge is 2.55. The zero-order chi connectivity index (χ0) is 33.1. The van der Waals surface area contributed by atoms with Crippen LogP contribution in [0, 0.1) is 6.92 Å². The van der Waals surface area contributed by atoms with Crippen molar-refractivity contribution < 1.29 is 50.5 Å². The summed E-state index contributed by atoms with van der Waals surface area (Å²) >= 11 is 1.01. The number of fused-ring (bicyclic) bond motifs is 1. The van der Waals surface area contributed by atoms with Crippen LogP contribution in [0.2, 0.25) is 0 Å². The molecule has 0 bridgehead atoms. The van der Waals surface area contributed by atoms with Crippen LogP contribution in [0.4, 0.5) is 26.3 Å². The number of carboxylic acid groups (broad SMARTS) is 1. The van der Waals surface area contributed by atoms with E-state index in [1.165, 1.54) is 13.3 Å². The molecule has 2 aromatic carbocycles. The molecule has 4 aromatic rings. The molecule has 2 saturated heterocycles. The van der Waals surface area contributed by atoms with Crippen LogP contribution in [-0.4, -0.2) is 51.6 Å². The number of aromatic carboxylic acids is 1. The summed E-state index contributed by atoms with van der Waals surface area (Å²) in [5.41, 5.74) is -0.0217. The zero-order valence-electron chi connectivity index (χ0n) is 24.3. The normalized spacial score (nSPS) is 21.6. The van der Waals surface area contributed by atoms with E-state index in [0.29, 0.717) is 51.0 Å². The van der Waals surface area contributed by atoms with E-state index in [0.717, 1.165) is 11.3 Å². The summed E-state index contributed by atoms with van der Waals surface area (Å²) < 4.78 is 98.9. The van der Waals surface area contributed by atoms with Gasteiger partial charge in [0.05, 0.1) is 30.1 Å². The monoisotopic (exact) mass is 665 g/mol. The van der Waals surface area contributed by atoms with Crippen molar-refractivity contribution in [2.75, 3.05) is 7.11 Å². The van der Waals surface area contributed by atoms with Crippen molar-refractivity contribution in [2.45, 2.75) is 57.4 Å². The van der Waals surface area contributed by atoms with Crippen LogP contribution < -0.4 is 4.74 Å². The number of nitrogens with zero attached hydrogens (tertiary/aromatic N) is 3. The molecule has 2 unspecified atom stereocenters. The number of pyridine rings is 1. The standard InChI is InChI=1S/C31H25F6N3O5S/c1-14-4-6-20(21-10-16(5-7-23(21)43-3)26-38-12-24(46-26)28(41)42)22(39-14)13-40-15(2)25(44-29-27(40)45-29)17-8-18(30(32,33)34)11-19(9-17)31(35,36)37/h4-12,15,25,27,29H,13H2,1-3H3,(H,41,42)/t15-,25-,27?,29?/m0/s1. The van der Waals surface area contributed by atoms with Crippen molar-refractivity contribution in [2.24, 2.45) is 0 Å². The number of halogens is 6. The predicted molar refractivity (Wildman–Crippen MR) is 153 cm³/mol. The molecule has 0 saturated carbocycles.